The fraction of sp³-hybridized carbons (Fsp3) is 0.500. The fourth-order valence-corrected chi connectivity index (χ4v) is 1.92. The summed E-state index contributed by atoms with van der Waals surface area (Å²) in [6, 6.07) is 4.00. The summed E-state index contributed by atoms with van der Waals surface area (Å²) in [6.07, 6.45) is 2.55. The summed E-state index contributed by atoms with van der Waals surface area (Å²) < 4.78 is 1.00. The maximum absolute atomic E-state index is 9.35. The van der Waals surface area contributed by atoms with Crippen molar-refractivity contribution >= 4 is 15.9 Å². The van der Waals surface area contributed by atoms with Crippen LogP contribution in [0.25, 0.3) is 0 Å². The first-order chi connectivity index (χ1) is 6.74. The van der Waals surface area contributed by atoms with Gasteiger partial charge >= 0.3 is 0 Å². The van der Waals surface area contributed by atoms with E-state index < -0.39 is 0 Å². The Morgan fingerprint density at radius 1 is 1.57 bits per heavy atom. The summed E-state index contributed by atoms with van der Waals surface area (Å²) in [6.45, 7) is 2.58. The fourth-order valence-electron chi connectivity index (χ4n) is 1.68. The molecule has 0 saturated carbocycles. The molecule has 1 saturated heterocycles. The Hall–Kier alpha value is -0.450. The van der Waals surface area contributed by atoms with Crippen LogP contribution >= 0.6 is 15.9 Å². The maximum atomic E-state index is 9.35. The molecule has 1 fully saturated rings. The van der Waals surface area contributed by atoms with E-state index in [1.807, 2.05) is 18.3 Å². The number of hydrogen-bond acceptors (Lipinski definition) is 3. The van der Waals surface area contributed by atoms with Crippen molar-refractivity contribution in [1.82, 2.24) is 9.88 Å². The van der Waals surface area contributed by atoms with Crippen molar-refractivity contribution in [3.63, 3.8) is 0 Å². The topological polar surface area (TPSA) is 36.4 Å². The average Bonchev–Trinajstić information content (AvgIpc) is 2.56. The highest BCUT2D eigenvalue weighted by molar-refractivity contribution is 9.10. The zero-order valence-corrected chi connectivity index (χ0v) is 9.44. The highest BCUT2D eigenvalue weighted by Crippen LogP contribution is 2.13. The van der Waals surface area contributed by atoms with E-state index >= 15 is 0 Å². The predicted octanol–water partition coefficient (Wildman–Crippen LogP) is 1.41. The molecule has 0 aromatic carbocycles. The lowest BCUT2D eigenvalue weighted by molar-refractivity contribution is 0.174. The molecule has 1 aliphatic heterocycles. The minimum absolute atomic E-state index is 0.148. The molecule has 2 heterocycles. The van der Waals surface area contributed by atoms with Crippen LogP contribution in [0.2, 0.25) is 0 Å². The molecular formula is C10H13BrN2O. The lowest BCUT2D eigenvalue weighted by Crippen LogP contribution is -2.21. The second kappa shape index (κ2) is 4.38. The van der Waals surface area contributed by atoms with Crippen LogP contribution in [0, 0.1) is 0 Å². The Kier molecular flexibility index (Phi) is 3.15. The number of pyridine rings is 1. The number of aliphatic hydroxyl groups is 1. The monoisotopic (exact) mass is 256 g/mol. The minimum atomic E-state index is -0.148. The highest BCUT2D eigenvalue weighted by Gasteiger charge is 2.19. The van der Waals surface area contributed by atoms with Crippen LogP contribution in [0.3, 0.4) is 0 Å². The number of halogens is 1. The van der Waals surface area contributed by atoms with Crippen molar-refractivity contribution in [3.05, 3.63) is 28.5 Å². The van der Waals surface area contributed by atoms with Gasteiger partial charge in [0.05, 0.1) is 11.8 Å². The third-order valence-electron chi connectivity index (χ3n) is 2.42. The molecule has 4 heteroatoms. The van der Waals surface area contributed by atoms with E-state index in [2.05, 4.69) is 25.8 Å². The molecule has 0 amide bonds. The van der Waals surface area contributed by atoms with Crippen LogP contribution in [0.15, 0.2) is 22.8 Å². The van der Waals surface area contributed by atoms with Crippen LogP contribution in [-0.2, 0) is 6.54 Å². The Balaban J connectivity index is 1.94. The number of likely N-dealkylation sites (tertiary alicyclic amines) is 1. The molecule has 0 aliphatic carbocycles. The molecule has 1 aromatic rings. The number of β-amino-alcohol motifs (C(OH)–C–C–N with tert-alkyl or cyclic N) is 1. The number of rotatable bonds is 2. The number of aromatic nitrogens is 1. The van der Waals surface area contributed by atoms with Gasteiger partial charge in [-0.1, -0.05) is 0 Å². The Labute approximate surface area is 91.9 Å². The minimum Gasteiger partial charge on any atom is -0.392 e. The smallest absolute Gasteiger partial charge is 0.0679 e. The lowest BCUT2D eigenvalue weighted by atomic mass is 10.3. The van der Waals surface area contributed by atoms with Gasteiger partial charge in [-0.15, -0.1) is 0 Å². The van der Waals surface area contributed by atoms with E-state index in [0.29, 0.717) is 0 Å². The van der Waals surface area contributed by atoms with Crippen LogP contribution < -0.4 is 0 Å². The van der Waals surface area contributed by atoms with Crippen molar-refractivity contribution in [3.8, 4) is 0 Å². The van der Waals surface area contributed by atoms with Crippen LogP contribution in [0.4, 0.5) is 0 Å². The first-order valence-electron chi connectivity index (χ1n) is 4.75. The summed E-state index contributed by atoms with van der Waals surface area (Å²) in [7, 11) is 0. The molecule has 1 aromatic heterocycles. The van der Waals surface area contributed by atoms with Gasteiger partial charge in [0.25, 0.3) is 0 Å². The van der Waals surface area contributed by atoms with Gasteiger partial charge in [0.2, 0.25) is 0 Å². The van der Waals surface area contributed by atoms with E-state index in [9.17, 15) is 5.11 Å². The van der Waals surface area contributed by atoms with Crippen molar-refractivity contribution in [2.24, 2.45) is 0 Å². The predicted molar refractivity (Wildman–Crippen MR) is 57.8 cm³/mol. The molecule has 14 heavy (non-hydrogen) atoms. The largest absolute Gasteiger partial charge is 0.392 e. The average molecular weight is 257 g/mol. The first-order valence-corrected chi connectivity index (χ1v) is 5.54. The van der Waals surface area contributed by atoms with Gasteiger partial charge in [-0.3, -0.25) is 9.88 Å². The second-order valence-corrected chi connectivity index (χ2v) is 4.56. The molecule has 2 rings (SSSR count). The quantitative estimate of drug-likeness (QED) is 0.870. The van der Waals surface area contributed by atoms with Crippen LogP contribution in [-0.4, -0.2) is 34.2 Å². The summed E-state index contributed by atoms with van der Waals surface area (Å²) in [4.78, 5) is 6.52. The Morgan fingerprint density at radius 3 is 3.00 bits per heavy atom. The summed E-state index contributed by atoms with van der Waals surface area (Å²) in [5.41, 5.74) is 1.06. The summed E-state index contributed by atoms with van der Waals surface area (Å²) in [5.74, 6) is 0. The molecule has 1 aliphatic rings. The first kappa shape index (κ1) is 10.1. The lowest BCUT2D eigenvalue weighted by Gasteiger charge is -2.13. The van der Waals surface area contributed by atoms with Gasteiger partial charge in [0.1, 0.15) is 0 Å². The van der Waals surface area contributed by atoms with E-state index in [0.717, 1.165) is 36.2 Å². The molecule has 76 valence electrons. The van der Waals surface area contributed by atoms with Gasteiger partial charge in [-0.2, -0.15) is 0 Å². The van der Waals surface area contributed by atoms with Gasteiger partial charge in [0, 0.05) is 30.3 Å². The van der Waals surface area contributed by atoms with Crippen LogP contribution in [0.5, 0.6) is 0 Å². The van der Waals surface area contributed by atoms with E-state index in [1.165, 1.54) is 0 Å². The molecule has 3 nitrogen and oxygen atoms in total. The second-order valence-electron chi connectivity index (χ2n) is 3.65. The molecule has 1 N–H and O–H groups in total. The van der Waals surface area contributed by atoms with Gasteiger partial charge in [-0.05, 0) is 34.5 Å². The summed E-state index contributed by atoms with van der Waals surface area (Å²) in [5, 5.41) is 9.35. The number of hydrogen-bond donors (Lipinski definition) is 1. The van der Waals surface area contributed by atoms with Crippen molar-refractivity contribution in [1.29, 1.82) is 0 Å². The molecular weight excluding hydrogens is 244 g/mol. The maximum Gasteiger partial charge on any atom is 0.0679 e. The Bertz CT molecular complexity index is 301. The van der Waals surface area contributed by atoms with Crippen molar-refractivity contribution in [2.45, 2.75) is 19.1 Å². The molecule has 0 bridgehead atoms. The van der Waals surface area contributed by atoms with Crippen molar-refractivity contribution in [2.75, 3.05) is 13.1 Å². The third kappa shape index (κ3) is 2.53. The van der Waals surface area contributed by atoms with Crippen LogP contribution in [0.1, 0.15) is 12.1 Å². The van der Waals surface area contributed by atoms with Gasteiger partial charge < -0.3 is 5.11 Å². The normalized spacial score (nSPS) is 22.9. The molecule has 1 atom stereocenters. The van der Waals surface area contributed by atoms with E-state index in [4.69, 9.17) is 0 Å². The van der Waals surface area contributed by atoms with E-state index in [-0.39, 0.29) is 6.10 Å². The summed E-state index contributed by atoms with van der Waals surface area (Å²) >= 11 is 3.35. The SMILES string of the molecule is O[C@@H]1CCN(Cc2ccc(Br)cn2)C1. The number of nitrogens with zero attached hydrogens (tertiary/aromatic N) is 2. The molecule has 0 spiro atoms. The molecule has 0 radical (unpaired) electrons. The Morgan fingerprint density at radius 2 is 2.43 bits per heavy atom. The molecule has 0 unspecified atom stereocenters. The van der Waals surface area contributed by atoms with Gasteiger partial charge in [-0.25, -0.2) is 0 Å². The third-order valence-corrected chi connectivity index (χ3v) is 2.89. The van der Waals surface area contributed by atoms with Crippen molar-refractivity contribution < 1.29 is 5.11 Å². The zero-order chi connectivity index (χ0) is 9.97. The highest BCUT2D eigenvalue weighted by atomic mass is 79.9. The van der Waals surface area contributed by atoms with E-state index in [1.54, 1.807) is 0 Å². The van der Waals surface area contributed by atoms with Gasteiger partial charge in [0.15, 0.2) is 0 Å². The zero-order valence-electron chi connectivity index (χ0n) is 7.86. The number of aliphatic hydroxyl groups excluding tert-OH is 1. The standard InChI is InChI=1S/C10H13BrN2O/c11-8-1-2-9(12-5-8)6-13-4-3-10(14)7-13/h1-2,5,10,14H,3-4,6-7H2/t10-/m1/s1.